The van der Waals surface area contributed by atoms with E-state index >= 15 is 0 Å². The first kappa shape index (κ1) is 5.76. The molecule has 4 N–H and O–H groups in total. The lowest BCUT2D eigenvalue weighted by molar-refractivity contribution is 0.579. The fourth-order valence-corrected chi connectivity index (χ4v) is 1.08. The molecular weight excluding hydrogens is 128 g/mol. The molecule has 0 amide bonds. The van der Waals surface area contributed by atoms with Gasteiger partial charge < -0.3 is 10.9 Å². The number of nitrogens with one attached hydrogen (secondary N) is 4. The maximum atomic E-state index is 3.02. The van der Waals surface area contributed by atoms with Gasteiger partial charge in [-0.25, -0.2) is 10.9 Å². The molecule has 0 saturated carbocycles. The van der Waals surface area contributed by atoms with Crippen molar-refractivity contribution in [1.29, 1.82) is 0 Å². The summed E-state index contributed by atoms with van der Waals surface area (Å²) < 4.78 is 0. The highest BCUT2D eigenvalue weighted by molar-refractivity contribution is 5.35. The fraction of sp³-hybridized carbons (Fsp3) is 0.333. The van der Waals surface area contributed by atoms with Gasteiger partial charge in [-0.3, -0.25) is 0 Å². The molecule has 2 aliphatic heterocycles. The van der Waals surface area contributed by atoms with E-state index in [1.54, 1.807) is 0 Å². The van der Waals surface area contributed by atoms with Gasteiger partial charge in [0.25, 0.3) is 0 Å². The van der Waals surface area contributed by atoms with Crippen molar-refractivity contribution in [1.82, 2.24) is 21.7 Å². The molecule has 54 valence electrons. The molecule has 0 spiro atoms. The number of hydrogen-bond acceptors (Lipinski definition) is 4. The molecule has 2 rings (SSSR count). The first-order valence-electron chi connectivity index (χ1n) is 3.32. The van der Waals surface area contributed by atoms with Crippen LogP contribution in [-0.4, -0.2) is 13.1 Å². The zero-order valence-electron chi connectivity index (χ0n) is 5.57. The first-order valence-corrected chi connectivity index (χ1v) is 3.32. The van der Waals surface area contributed by atoms with E-state index in [9.17, 15) is 0 Å². The zero-order chi connectivity index (χ0) is 6.81. The van der Waals surface area contributed by atoms with Crippen LogP contribution in [0, 0.1) is 0 Å². The van der Waals surface area contributed by atoms with E-state index in [-0.39, 0.29) is 0 Å². The van der Waals surface area contributed by atoms with Gasteiger partial charge in [0.1, 0.15) is 0 Å². The van der Waals surface area contributed by atoms with E-state index in [0.29, 0.717) is 0 Å². The summed E-state index contributed by atoms with van der Waals surface area (Å²) in [4.78, 5) is 0. The normalized spacial score (nSPS) is 23.2. The SMILES string of the molecule is C1=C2CNNC=C2CNN1. The minimum atomic E-state index is 0.889. The lowest BCUT2D eigenvalue weighted by Crippen LogP contribution is -2.42. The Morgan fingerprint density at radius 3 is 1.90 bits per heavy atom. The van der Waals surface area contributed by atoms with E-state index in [0.717, 1.165) is 13.1 Å². The minimum Gasteiger partial charge on any atom is -0.328 e. The predicted molar refractivity (Wildman–Crippen MR) is 38.4 cm³/mol. The molecule has 2 aliphatic rings. The van der Waals surface area contributed by atoms with E-state index < -0.39 is 0 Å². The first-order chi connectivity index (χ1) is 4.97. The molecule has 4 heteroatoms. The maximum absolute atomic E-state index is 3.02. The van der Waals surface area contributed by atoms with E-state index in [2.05, 4.69) is 21.7 Å². The van der Waals surface area contributed by atoms with Crippen molar-refractivity contribution in [3.05, 3.63) is 23.5 Å². The van der Waals surface area contributed by atoms with Crippen molar-refractivity contribution in [2.24, 2.45) is 0 Å². The Hall–Kier alpha value is -1.00. The summed E-state index contributed by atoms with van der Waals surface area (Å²) in [7, 11) is 0. The highest BCUT2D eigenvalue weighted by atomic mass is 15.4. The van der Waals surface area contributed by atoms with Crippen molar-refractivity contribution in [3.63, 3.8) is 0 Å². The molecular formula is C6H10N4. The molecule has 2 heterocycles. The van der Waals surface area contributed by atoms with Crippen LogP contribution in [0.5, 0.6) is 0 Å². The molecule has 0 saturated heterocycles. The highest BCUT2D eigenvalue weighted by Crippen LogP contribution is 2.10. The summed E-state index contributed by atoms with van der Waals surface area (Å²) >= 11 is 0. The van der Waals surface area contributed by atoms with Crippen LogP contribution in [0.25, 0.3) is 0 Å². The smallest absolute Gasteiger partial charge is 0.0417 e. The number of rotatable bonds is 0. The van der Waals surface area contributed by atoms with Gasteiger partial charge in [-0.2, -0.15) is 0 Å². The molecule has 0 aliphatic carbocycles. The average Bonchev–Trinajstić information content (AvgIpc) is 2.05. The van der Waals surface area contributed by atoms with Crippen LogP contribution in [-0.2, 0) is 0 Å². The summed E-state index contributed by atoms with van der Waals surface area (Å²) in [5.41, 5.74) is 14.6. The topological polar surface area (TPSA) is 48.1 Å². The lowest BCUT2D eigenvalue weighted by atomic mass is 10.1. The summed E-state index contributed by atoms with van der Waals surface area (Å²) in [6, 6.07) is 0. The minimum absolute atomic E-state index is 0.889. The van der Waals surface area contributed by atoms with E-state index in [1.807, 2.05) is 12.4 Å². The van der Waals surface area contributed by atoms with Gasteiger partial charge in [0, 0.05) is 25.5 Å². The third-order valence-electron chi connectivity index (χ3n) is 1.67. The van der Waals surface area contributed by atoms with Gasteiger partial charge in [-0.15, -0.1) is 0 Å². The Bertz CT molecular complexity index is 172. The quantitative estimate of drug-likeness (QED) is 0.346. The zero-order valence-corrected chi connectivity index (χ0v) is 5.57. The van der Waals surface area contributed by atoms with Gasteiger partial charge in [-0.1, -0.05) is 0 Å². The molecule has 4 nitrogen and oxygen atoms in total. The van der Waals surface area contributed by atoms with Gasteiger partial charge in [0.15, 0.2) is 0 Å². The molecule has 0 bridgehead atoms. The van der Waals surface area contributed by atoms with Gasteiger partial charge in [0.2, 0.25) is 0 Å². The lowest BCUT2D eigenvalue weighted by Gasteiger charge is -2.23. The average molecular weight is 138 g/mol. The van der Waals surface area contributed by atoms with Crippen LogP contribution in [0.1, 0.15) is 0 Å². The summed E-state index contributed by atoms with van der Waals surface area (Å²) in [6.07, 6.45) is 3.95. The number of hydrogen-bond donors (Lipinski definition) is 4. The summed E-state index contributed by atoms with van der Waals surface area (Å²) in [5.74, 6) is 0. The molecule has 0 unspecified atom stereocenters. The molecule has 0 fully saturated rings. The van der Waals surface area contributed by atoms with Crippen molar-refractivity contribution in [3.8, 4) is 0 Å². The molecule has 10 heavy (non-hydrogen) atoms. The molecule has 0 aromatic carbocycles. The van der Waals surface area contributed by atoms with Crippen LogP contribution >= 0.6 is 0 Å². The monoisotopic (exact) mass is 138 g/mol. The van der Waals surface area contributed by atoms with Crippen molar-refractivity contribution < 1.29 is 0 Å². The Labute approximate surface area is 59.3 Å². The Morgan fingerprint density at radius 1 is 0.900 bits per heavy atom. The highest BCUT2D eigenvalue weighted by Gasteiger charge is 2.11. The predicted octanol–water partition coefficient (Wildman–Crippen LogP) is -1.03. The third-order valence-corrected chi connectivity index (χ3v) is 1.67. The Balaban J connectivity index is 2.25. The van der Waals surface area contributed by atoms with Gasteiger partial charge in [-0.05, 0) is 11.1 Å². The maximum Gasteiger partial charge on any atom is 0.0417 e. The van der Waals surface area contributed by atoms with Crippen LogP contribution in [0.3, 0.4) is 0 Å². The molecule has 0 aromatic heterocycles. The molecule has 0 aromatic rings. The number of fused-ring (bicyclic) bond motifs is 1. The Kier molecular flexibility index (Phi) is 1.34. The van der Waals surface area contributed by atoms with Crippen molar-refractivity contribution in [2.75, 3.05) is 13.1 Å². The Morgan fingerprint density at radius 2 is 1.40 bits per heavy atom. The second-order valence-electron chi connectivity index (χ2n) is 2.33. The number of hydrazine groups is 2. The summed E-state index contributed by atoms with van der Waals surface area (Å²) in [5, 5.41) is 0. The largest absolute Gasteiger partial charge is 0.328 e. The second kappa shape index (κ2) is 2.32. The van der Waals surface area contributed by atoms with Gasteiger partial charge in [0.05, 0.1) is 0 Å². The summed E-state index contributed by atoms with van der Waals surface area (Å²) in [6.45, 7) is 1.78. The molecule has 0 radical (unpaired) electrons. The second-order valence-corrected chi connectivity index (χ2v) is 2.33. The van der Waals surface area contributed by atoms with Crippen molar-refractivity contribution >= 4 is 0 Å². The third kappa shape index (κ3) is 0.872. The van der Waals surface area contributed by atoms with Crippen molar-refractivity contribution in [2.45, 2.75) is 0 Å². The van der Waals surface area contributed by atoms with Crippen LogP contribution < -0.4 is 21.7 Å². The van der Waals surface area contributed by atoms with E-state index in [4.69, 9.17) is 0 Å². The van der Waals surface area contributed by atoms with Crippen LogP contribution in [0.4, 0.5) is 0 Å². The molecule has 0 atom stereocenters. The standard InChI is InChI=1S/C6H10N4/c1-5-2-9-10-4-6(5)3-8-7-1/h1,4,7-10H,2-3H2. The van der Waals surface area contributed by atoms with Crippen LogP contribution in [0.2, 0.25) is 0 Å². The fourth-order valence-electron chi connectivity index (χ4n) is 1.08. The van der Waals surface area contributed by atoms with Gasteiger partial charge >= 0.3 is 0 Å². The van der Waals surface area contributed by atoms with Crippen LogP contribution in [0.15, 0.2) is 23.5 Å². The van der Waals surface area contributed by atoms with E-state index in [1.165, 1.54) is 11.1 Å².